The van der Waals surface area contributed by atoms with E-state index in [1.54, 1.807) is 14.0 Å². The van der Waals surface area contributed by atoms with Crippen LogP contribution < -0.4 is 5.32 Å². The molecule has 0 heterocycles. The predicted octanol–water partition coefficient (Wildman–Crippen LogP) is 2.35. The van der Waals surface area contributed by atoms with Crippen LogP contribution in [0.15, 0.2) is 18.2 Å². The number of carbonyl (C=O) groups is 1. The SMILES string of the molecule is CC(O)CN(C)C(=O)NC1CCc2c(Cl)cccc21. The minimum Gasteiger partial charge on any atom is -0.392 e. The Balaban J connectivity index is 2.03. The molecule has 1 aromatic rings. The molecular weight excluding hydrogens is 264 g/mol. The summed E-state index contributed by atoms with van der Waals surface area (Å²) in [6.07, 6.45) is 1.23. The van der Waals surface area contributed by atoms with Gasteiger partial charge in [0.15, 0.2) is 0 Å². The minimum absolute atomic E-state index is 0.0117. The molecule has 4 nitrogen and oxygen atoms in total. The zero-order chi connectivity index (χ0) is 14.0. The molecule has 0 saturated heterocycles. The first-order chi connectivity index (χ1) is 8.99. The predicted molar refractivity (Wildman–Crippen MR) is 75.4 cm³/mol. The molecule has 2 rings (SSSR count). The first-order valence-electron chi connectivity index (χ1n) is 6.46. The van der Waals surface area contributed by atoms with Gasteiger partial charge in [0.1, 0.15) is 0 Å². The van der Waals surface area contributed by atoms with Gasteiger partial charge in [-0.25, -0.2) is 4.79 Å². The van der Waals surface area contributed by atoms with Gasteiger partial charge in [-0.2, -0.15) is 0 Å². The summed E-state index contributed by atoms with van der Waals surface area (Å²) in [6, 6.07) is 5.64. The maximum absolute atomic E-state index is 12.0. The number of likely N-dealkylation sites (N-methyl/N-ethyl adjacent to an activating group) is 1. The molecular formula is C14H19ClN2O2. The van der Waals surface area contributed by atoms with Crippen molar-refractivity contribution in [1.29, 1.82) is 0 Å². The van der Waals surface area contributed by atoms with E-state index in [9.17, 15) is 9.90 Å². The Bertz CT molecular complexity index is 477. The molecule has 5 heteroatoms. The first kappa shape index (κ1) is 14.2. The van der Waals surface area contributed by atoms with Gasteiger partial charge in [-0.1, -0.05) is 23.7 Å². The molecule has 0 spiro atoms. The van der Waals surface area contributed by atoms with Crippen LogP contribution in [0.4, 0.5) is 4.79 Å². The molecule has 2 atom stereocenters. The number of fused-ring (bicyclic) bond motifs is 1. The minimum atomic E-state index is -0.527. The largest absolute Gasteiger partial charge is 0.392 e. The zero-order valence-corrected chi connectivity index (χ0v) is 11.9. The van der Waals surface area contributed by atoms with Gasteiger partial charge in [0.2, 0.25) is 0 Å². The number of urea groups is 1. The Morgan fingerprint density at radius 2 is 2.37 bits per heavy atom. The van der Waals surface area contributed by atoms with Crippen LogP contribution in [-0.4, -0.2) is 35.7 Å². The third kappa shape index (κ3) is 3.19. The lowest BCUT2D eigenvalue weighted by Crippen LogP contribution is -2.41. The molecule has 0 aromatic heterocycles. The Hall–Kier alpha value is -1.26. The highest BCUT2D eigenvalue weighted by Gasteiger charge is 2.26. The first-order valence-corrected chi connectivity index (χ1v) is 6.84. The second-order valence-electron chi connectivity index (χ2n) is 5.08. The van der Waals surface area contributed by atoms with E-state index in [2.05, 4.69) is 5.32 Å². The number of rotatable bonds is 3. The second kappa shape index (κ2) is 5.80. The van der Waals surface area contributed by atoms with E-state index in [1.807, 2.05) is 18.2 Å². The van der Waals surface area contributed by atoms with Crippen LogP contribution in [0.5, 0.6) is 0 Å². The Morgan fingerprint density at radius 3 is 3.05 bits per heavy atom. The van der Waals surface area contributed by atoms with Crippen LogP contribution in [0.3, 0.4) is 0 Å². The Kier molecular flexibility index (Phi) is 4.32. The highest BCUT2D eigenvalue weighted by molar-refractivity contribution is 6.31. The molecule has 2 N–H and O–H groups in total. The van der Waals surface area contributed by atoms with Crippen molar-refractivity contribution in [3.63, 3.8) is 0 Å². The standard InChI is InChI=1S/C14H19ClN2O2/c1-9(18)8-17(2)14(19)16-13-7-6-10-11(13)4-3-5-12(10)15/h3-5,9,13,18H,6-8H2,1-2H3,(H,16,19). The van der Waals surface area contributed by atoms with Gasteiger partial charge >= 0.3 is 6.03 Å². The van der Waals surface area contributed by atoms with Gasteiger partial charge in [-0.15, -0.1) is 0 Å². The lowest BCUT2D eigenvalue weighted by atomic mass is 10.1. The maximum atomic E-state index is 12.0. The molecule has 0 aliphatic heterocycles. The molecule has 0 radical (unpaired) electrons. The summed E-state index contributed by atoms with van der Waals surface area (Å²) in [4.78, 5) is 13.5. The van der Waals surface area contributed by atoms with Gasteiger partial charge in [-0.3, -0.25) is 0 Å². The summed E-state index contributed by atoms with van der Waals surface area (Å²) in [5.74, 6) is 0. The lowest BCUT2D eigenvalue weighted by molar-refractivity contribution is 0.142. The fourth-order valence-corrected chi connectivity index (χ4v) is 2.77. The number of aliphatic hydroxyl groups excluding tert-OH is 1. The summed E-state index contributed by atoms with van der Waals surface area (Å²) in [6.45, 7) is 1.98. The molecule has 0 fully saturated rings. The highest BCUT2D eigenvalue weighted by atomic mass is 35.5. The van der Waals surface area contributed by atoms with Crippen molar-refractivity contribution >= 4 is 17.6 Å². The molecule has 2 unspecified atom stereocenters. The van der Waals surface area contributed by atoms with E-state index < -0.39 is 6.10 Å². The summed E-state index contributed by atoms with van der Waals surface area (Å²) in [7, 11) is 1.68. The molecule has 1 aliphatic carbocycles. The average Bonchev–Trinajstić information content (AvgIpc) is 2.73. The molecule has 2 amide bonds. The zero-order valence-electron chi connectivity index (χ0n) is 11.2. The quantitative estimate of drug-likeness (QED) is 0.894. The average molecular weight is 283 g/mol. The summed E-state index contributed by atoms with van der Waals surface area (Å²) < 4.78 is 0. The number of carbonyl (C=O) groups excluding carboxylic acids is 1. The van der Waals surface area contributed by atoms with Crippen molar-refractivity contribution in [3.8, 4) is 0 Å². The third-order valence-electron chi connectivity index (χ3n) is 3.40. The number of amides is 2. The fourth-order valence-electron chi connectivity index (χ4n) is 2.50. The Morgan fingerprint density at radius 1 is 1.63 bits per heavy atom. The normalized spacial score (nSPS) is 18.8. The molecule has 0 bridgehead atoms. The Labute approximate surface area is 118 Å². The van der Waals surface area contributed by atoms with Crippen LogP contribution in [0.1, 0.15) is 30.5 Å². The number of hydrogen-bond donors (Lipinski definition) is 2. The van der Waals surface area contributed by atoms with Crippen LogP contribution in [0.2, 0.25) is 5.02 Å². The van der Waals surface area contributed by atoms with Gasteiger partial charge in [0.25, 0.3) is 0 Å². The molecule has 19 heavy (non-hydrogen) atoms. The van der Waals surface area contributed by atoms with E-state index >= 15 is 0 Å². The van der Waals surface area contributed by atoms with Crippen molar-refractivity contribution in [2.24, 2.45) is 0 Å². The maximum Gasteiger partial charge on any atom is 0.317 e. The fraction of sp³-hybridized carbons (Fsp3) is 0.500. The van der Waals surface area contributed by atoms with E-state index in [4.69, 9.17) is 11.6 Å². The van der Waals surface area contributed by atoms with E-state index in [-0.39, 0.29) is 12.1 Å². The van der Waals surface area contributed by atoms with E-state index in [1.165, 1.54) is 4.90 Å². The van der Waals surface area contributed by atoms with E-state index in [0.29, 0.717) is 6.54 Å². The summed E-state index contributed by atoms with van der Waals surface area (Å²) in [5.41, 5.74) is 2.24. The van der Waals surface area contributed by atoms with Crippen molar-refractivity contribution in [1.82, 2.24) is 10.2 Å². The second-order valence-corrected chi connectivity index (χ2v) is 5.49. The van der Waals surface area contributed by atoms with Crippen LogP contribution >= 0.6 is 11.6 Å². The van der Waals surface area contributed by atoms with Crippen LogP contribution in [0, 0.1) is 0 Å². The number of benzene rings is 1. The molecule has 104 valence electrons. The number of nitrogens with one attached hydrogen (secondary N) is 1. The van der Waals surface area contributed by atoms with Crippen molar-refractivity contribution < 1.29 is 9.90 Å². The van der Waals surface area contributed by atoms with Crippen LogP contribution in [-0.2, 0) is 6.42 Å². The van der Waals surface area contributed by atoms with Gasteiger partial charge in [0.05, 0.1) is 12.1 Å². The monoisotopic (exact) mass is 282 g/mol. The number of nitrogens with zero attached hydrogens (tertiary/aromatic N) is 1. The van der Waals surface area contributed by atoms with Crippen molar-refractivity contribution in [3.05, 3.63) is 34.3 Å². The van der Waals surface area contributed by atoms with Crippen molar-refractivity contribution in [2.75, 3.05) is 13.6 Å². The highest BCUT2D eigenvalue weighted by Crippen LogP contribution is 2.35. The summed E-state index contributed by atoms with van der Waals surface area (Å²) in [5, 5.41) is 13.0. The van der Waals surface area contributed by atoms with Crippen molar-refractivity contribution in [2.45, 2.75) is 31.9 Å². The smallest absolute Gasteiger partial charge is 0.317 e. The molecule has 1 aliphatic rings. The molecule has 1 aromatic carbocycles. The molecule has 0 saturated carbocycles. The topological polar surface area (TPSA) is 52.6 Å². The summed E-state index contributed by atoms with van der Waals surface area (Å²) >= 11 is 6.15. The van der Waals surface area contributed by atoms with Gasteiger partial charge < -0.3 is 15.3 Å². The van der Waals surface area contributed by atoms with E-state index in [0.717, 1.165) is 29.0 Å². The lowest BCUT2D eigenvalue weighted by Gasteiger charge is -2.22. The number of hydrogen-bond acceptors (Lipinski definition) is 2. The number of aliphatic hydroxyl groups is 1. The van der Waals surface area contributed by atoms with Crippen LogP contribution in [0.25, 0.3) is 0 Å². The van der Waals surface area contributed by atoms with Gasteiger partial charge in [-0.05, 0) is 37.0 Å². The number of halogens is 1. The van der Waals surface area contributed by atoms with Gasteiger partial charge in [0, 0.05) is 18.6 Å². The third-order valence-corrected chi connectivity index (χ3v) is 3.75.